The maximum atomic E-state index is 6.28. The SMILES string of the molecule is CNCc1c(C)n(C)c2c(Cl)ccc(OC)c12. The summed E-state index contributed by atoms with van der Waals surface area (Å²) in [5, 5.41) is 5.05. The van der Waals surface area contributed by atoms with Crippen LogP contribution in [0.15, 0.2) is 12.1 Å². The van der Waals surface area contributed by atoms with Gasteiger partial charge in [0.1, 0.15) is 5.75 Å². The van der Waals surface area contributed by atoms with Crippen molar-refractivity contribution in [3.63, 3.8) is 0 Å². The first-order valence-electron chi connectivity index (χ1n) is 5.56. The highest BCUT2D eigenvalue weighted by atomic mass is 35.5. The molecule has 17 heavy (non-hydrogen) atoms. The van der Waals surface area contributed by atoms with E-state index in [0.29, 0.717) is 0 Å². The molecule has 0 bridgehead atoms. The lowest BCUT2D eigenvalue weighted by Gasteiger charge is -2.06. The van der Waals surface area contributed by atoms with E-state index in [-0.39, 0.29) is 0 Å². The molecule has 1 N–H and O–H groups in total. The molecule has 1 aromatic carbocycles. The van der Waals surface area contributed by atoms with Crippen LogP contribution in [0.25, 0.3) is 10.9 Å². The highest BCUT2D eigenvalue weighted by Gasteiger charge is 2.17. The van der Waals surface area contributed by atoms with Crippen molar-refractivity contribution in [2.24, 2.45) is 7.05 Å². The Balaban J connectivity index is 2.88. The number of benzene rings is 1. The van der Waals surface area contributed by atoms with Gasteiger partial charge >= 0.3 is 0 Å². The lowest BCUT2D eigenvalue weighted by Crippen LogP contribution is -2.06. The summed E-state index contributed by atoms with van der Waals surface area (Å²) in [6, 6.07) is 3.80. The summed E-state index contributed by atoms with van der Waals surface area (Å²) in [5.41, 5.74) is 3.49. The molecule has 4 heteroatoms. The summed E-state index contributed by atoms with van der Waals surface area (Å²) in [5.74, 6) is 0.873. The van der Waals surface area contributed by atoms with Crippen LogP contribution in [0, 0.1) is 6.92 Å². The molecule has 2 rings (SSSR count). The first-order chi connectivity index (χ1) is 8.11. The normalized spacial score (nSPS) is 11.1. The van der Waals surface area contributed by atoms with Crippen molar-refractivity contribution >= 4 is 22.5 Å². The fourth-order valence-electron chi connectivity index (χ4n) is 2.28. The van der Waals surface area contributed by atoms with Crippen LogP contribution in [0.2, 0.25) is 5.02 Å². The van der Waals surface area contributed by atoms with E-state index >= 15 is 0 Å². The Bertz CT molecular complexity index is 560. The zero-order valence-electron chi connectivity index (χ0n) is 10.6. The van der Waals surface area contributed by atoms with Gasteiger partial charge in [0, 0.05) is 24.7 Å². The Morgan fingerprint density at radius 1 is 1.41 bits per heavy atom. The van der Waals surface area contributed by atoms with Gasteiger partial charge in [-0.2, -0.15) is 0 Å². The predicted molar refractivity (Wildman–Crippen MR) is 72.0 cm³/mol. The van der Waals surface area contributed by atoms with Gasteiger partial charge in [0.2, 0.25) is 0 Å². The third-order valence-electron chi connectivity index (χ3n) is 3.24. The van der Waals surface area contributed by atoms with E-state index in [1.807, 2.05) is 26.2 Å². The van der Waals surface area contributed by atoms with Crippen LogP contribution in [0.5, 0.6) is 5.75 Å². The van der Waals surface area contributed by atoms with Crippen LogP contribution in [0.1, 0.15) is 11.3 Å². The second-order valence-corrected chi connectivity index (χ2v) is 4.53. The Labute approximate surface area is 106 Å². The van der Waals surface area contributed by atoms with Crippen LogP contribution in [0.4, 0.5) is 0 Å². The molecule has 0 spiro atoms. The average Bonchev–Trinajstić information content (AvgIpc) is 2.57. The largest absolute Gasteiger partial charge is 0.496 e. The summed E-state index contributed by atoms with van der Waals surface area (Å²) >= 11 is 6.28. The smallest absolute Gasteiger partial charge is 0.128 e. The number of rotatable bonds is 3. The van der Waals surface area contributed by atoms with Crippen molar-refractivity contribution in [3.05, 3.63) is 28.4 Å². The van der Waals surface area contributed by atoms with E-state index in [9.17, 15) is 0 Å². The number of hydrogen-bond acceptors (Lipinski definition) is 2. The molecule has 92 valence electrons. The molecule has 0 aliphatic heterocycles. The number of ether oxygens (including phenoxy) is 1. The van der Waals surface area contributed by atoms with Crippen molar-refractivity contribution in [3.8, 4) is 5.75 Å². The molecule has 0 saturated carbocycles. The number of aromatic nitrogens is 1. The number of fused-ring (bicyclic) bond motifs is 1. The van der Waals surface area contributed by atoms with E-state index in [1.54, 1.807) is 7.11 Å². The van der Waals surface area contributed by atoms with Gasteiger partial charge in [-0.05, 0) is 31.7 Å². The number of halogens is 1. The standard InChI is InChI=1S/C13H17ClN2O/c1-8-9(7-15-2)12-11(17-4)6-5-10(14)13(12)16(8)3/h5-6,15H,7H2,1-4H3. The summed E-state index contributed by atoms with van der Waals surface area (Å²) in [6.45, 7) is 2.91. The maximum Gasteiger partial charge on any atom is 0.128 e. The molecule has 3 nitrogen and oxygen atoms in total. The molecule has 0 amide bonds. The highest BCUT2D eigenvalue weighted by molar-refractivity contribution is 6.35. The molecular formula is C13H17ClN2O. The Morgan fingerprint density at radius 3 is 2.71 bits per heavy atom. The Morgan fingerprint density at radius 2 is 2.12 bits per heavy atom. The second-order valence-electron chi connectivity index (χ2n) is 4.13. The van der Waals surface area contributed by atoms with Crippen LogP contribution in [-0.4, -0.2) is 18.7 Å². The lowest BCUT2D eigenvalue weighted by atomic mass is 10.1. The topological polar surface area (TPSA) is 26.2 Å². The first-order valence-corrected chi connectivity index (χ1v) is 5.94. The van der Waals surface area contributed by atoms with Gasteiger partial charge in [0.05, 0.1) is 17.6 Å². The van der Waals surface area contributed by atoms with E-state index in [1.165, 1.54) is 11.3 Å². The third-order valence-corrected chi connectivity index (χ3v) is 3.55. The van der Waals surface area contributed by atoms with E-state index in [0.717, 1.165) is 28.2 Å². The van der Waals surface area contributed by atoms with Crippen molar-refractivity contribution in [2.45, 2.75) is 13.5 Å². The Hall–Kier alpha value is -1.19. The maximum absolute atomic E-state index is 6.28. The Kier molecular flexibility index (Phi) is 3.31. The van der Waals surface area contributed by atoms with Gasteiger partial charge in [-0.1, -0.05) is 11.6 Å². The van der Waals surface area contributed by atoms with Gasteiger partial charge in [0.15, 0.2) is 0 Å². The second kappa shape index (κ2) is 4.59. The monoisotopic (exact) mass is 252 g/mol. The number of aryl methyl sites for hydroxylation is 1. The molecule has 0 fully saturated rings. The molecular weight excluding hydrogens is 236 g/mol. The zero-order chi connectivity index (χ0) is 12.6. The first kappa shape index (κ1) is 12.3. The minimum absolute atomic E-state index is 0.758. The van der Waals surface area contributed by atoms with E-state index in [2.05, 4.69) is 16.8 Å². The summed E-state index contributed by atoms with van der Waals surface area (Å²) in [4.78, 5) is 0. The van der Waals surface area contributed by atoms with Crippen LogP contribution in [-0.2, 0) is 13.6 Å². The molecule has 0 radical (unpaired) electrons. The van der Waals surface area contributed by atoms with Crippen molar-refractivity contribution in [1.29, 1.82) is 0 Å². The van der Waals surface area contributed by atoms with Gasteiger partial charge in [-0.15, -0.1) is 0 Å². The molecule has 0 unspecified atom stereocenters. The van der Waals surface area contributed by atoms with Crippen molar-refractivity contribution < 1.29 is 4.74 Å². The number of nitrogens with one attached hydrogen (secondary N) is 1. The van der Waals surface area contributed by atoms with Gasteiger partial charge < -0.3 is 14.6 Å². The molecule has 1 heterocycles. The summed E-state index contributed by atoms with van der Waals surface area (Å²) in [7, 11) is 5.66. The predicted octanol–water partition coefficient (Wildman–Crippen LogP) is 2.87. The molecule has 0 aliphatic rings. The number of methoxy groups -OCH3 is 1. The van der Waals surface area contributed by atoms with Crippen LogP contribution in [0.3, 0.4) is 0 Å². The third kappa shape index (κ3) is 1.79. The molecule has 0 saturated heterocycles. The lowest BCUT2D eigenvalue weighted by molar-refractivity contribution is 0.419. The number of nitrogens with zero attached hydrogens (tertiary/aromatic N) is 1. The molecule has 0 aliphatic carbocycles. The van der Waals surface area contributed by atoms with Gasteiger partial charge in [-0.25, -0.2) is 0 Å². The highest BCUT2D eigenvalue weighted by Crippen LogP contribution is 2.37. The minimum atomic E-state index is 0.758. The van der Waals surface area contributed by atoms with E-state index < -0.39 is 0 Å². The van der Waals surface area contributed by atoms with Crippen molar-refractivity contribution in [2.75, 3.05) is 14.2 Å². The van der Waals surface area contributed by atoms with Crippen LogP contribution >= 0.6 is 11.6 Å². The minimum Gasteiger partial charge on any atom is -0.496 e. The van der Waals surface area contributed by atoms with Gasteiger partial charge in [0.25, 0.3) is 0 Å². The van der Waals surface area contributed by atoms with Crippen molar-refractivity contribution in [1.82, 2.24) is 9.88 Å². The number of hydrogen-bond donors (Lipinski definition) is 1. The molecule has 1 aromatic heterocycles. The van der Waals surface area contributed by atoms with Crippen LogP contribution < -0.4 is 10.1 Å². The van der Waals surface area contributed by atoms with Gasteiger partial charge in [-0.3, -0.25) is 0 Å². The fourth-order valence-corrected chi connectivity index (χ4v) is 2.57. The average molecular weight is 253 g/mol. The molecule has 2 aromatic rings. The summed E-state index contributed by atoms with van der Waals surface area (Å²) in [6.07, 6.45) is 0. The van der Waals surface area contributed by atoms with E-state index in [4.69, 9.17) is 16.3 Å². The molecule has 0 atom stereocenters. The summed E-state index contributed by atoms with van der Waals surface area (Å²) < 4.78 is 7.56. The zero-order valence-corrected chi connectivity index (χ0v) is 11.4. The fraction of sp³-hybridized carbons (Fsp3) is 0.385. The quantitative estimate of drug-likeness (QED) is 0.909.